The SMILES string of the molecule is Cc1ccc(C(=O)[C@@H]2C(=O)N(c3ccc(C)c(C)c3)C(=O)N[C@@H]2c2ccccc2F)cc1. The van der Waals surface area contributed by atoms with Gasteiger partial charge in [0, 0.05) is 11.1 Å². The Hall–Kier alpha value is -3.80. The maximum atomic E-state index is 14.7. The van der Waals surface area contributed by atoms with Crippen molar-refractivity contribution in [2.24, 2.45) is 5.92 Å². The number of halogens is 1. The van der Waals surface area contributed by atoms with Crippen molar-refractivity contribution in [1.82, 2.24) is 5.32 Å². The molecule has 0 spiro atoms. The Kier molecular flexibility index (Phi) is 5.61. The van der Waals surface area contributed by atoms with E-state index in [1.165, 1.54) is 18.2 Å². The lowest BCUT2D eigenvalue weighted by molar-refractivity contribution is -0.121. The van der Waals surface area contributed by atoms with Gasteiger partial charge in [0.2, 0.25) is 5.91 Å². The van der Waals surface area contributed by atoms with E-state index in [1.807, 2.05) is 26.8 Å². The monoisotopic (exact) mass is 430 g/mol. The van der Waals surface area contributed by atoms with Crippen molar-refractivity contribution in [3.8, 4) is 0 Å². The molecule has 4 rings (SSSR count). The van der Waals surface area contributed by atoms with Crippen LogP contribution in [0, 0.1) is 32.5 Å². The Balaban J connectivity index is 1.82. The maximum absolute atomic E-state index is 14.7. The van der Waals surface area contributed by atoms with Crippen molar-refractivity contribution in [2.75, 3.05) is 4.90 Å². The highest BCUT2D eigenvalue weighted by Gasteiger charge is 2.47. The first-order valence-electron chi connectivity index (χ1n) is 10.3. The van der Waals surface area contributed by atoms with Crippen LogP contribution in [0.5, 0.6) is 0 Å². The number of Topliss-reactive ketones (excluding diaryl/α,β-unsaturated/α-hetero) is 1. The number of anilines is 1. The zero-order valence-corrected chi connectivity index (χ0v) is 18.1. The van der Waals surface area contributed by atoms with Gasteiger partial charge in [0.1, 0.15) is 11.7 Å². The third kappa shape index (κ3) is 3.80. The molecule has 32 heavy (non-hydrogen) atoms. The highest BCUT2D eigenvalue weighted by atomic mass is 19.1. The quantitative estimate of drug-likeness (QED) is 0.465. The molecule has 5 nitrogen and oxygen atoms in total. The molecule has 1 heterocycles. The fourth-order valence-electron chi connectivity index (χ4n) is 3.92. The molecule has 0 unspecified atom stereocenters. The first-order chi connectivity index (χ1) is 15.3. The summed E-state index contributed by atoms with van der Waals surface area (Å²) in [7, 11) is 0. The minimum absolute atomic E-state index is 0.0967. The van der Waals surface area contributed by atoms with Crippen molar-refractivity contribution in [1.29, 1.82) is 0 Å². The van der Waals surface area contributed by atoms with Crippen LogP contribution in [0.2, 0.25) is 0 Å². The smallest absolute Gasteiger partial charge is 0.329 e. The number of hydrogen-bond donors (Lipinski definition) is 1. The van der Waals surface area contributed by atoms with Gasteiger partial charge in [-0.1, -0.05) is 54.1 Å². The van der Waals surface area contributed by atoms with Crippen LogP contribution < -0.4 is 10.2 Å². The van der Waals surface area contributed by atoms with E-state index in [0.29, 0.717) is 11.3 Å². The van der Waals surface area contributed by atoms with Crippen molar-refractivity contribution < 1.29 is 18.8 Å². The van der Waals surface area contributed by atoms with Gasteiger partial charge in [-0.25, -0.2) is 14.1 Å². The van der Waals surface area contributed by atoms with E-state index in [2.05, 4.69) is 5.32 Å². The Morgan fingerprint density at radius 3 is 2.25 bits per heavy atom. The molecule has 2 atom stereocenters. The van der Waals surface area contributed by atoms with E-state index in [-0.39, 0.29) is 5.56 Å². The van der Waals surface area contributed by atoms with Crippen molar-refractivity contribution >= 4 is 23.4 Å². The summed E-state index contributed by atoms with van der Waals surface area (Å²) in [6.45, 7) is 5.70. The molecule has 3 aromatic carbocycles. The van der Waals surface area contributed by atoms with Gasteiger partial charge >= 0.3 is 6.03 Å². The van der Waals surface area contributed by atoms with Crippen LogP contribution in [-0.4, -0.2) is 17.7 Å². The van der Waals surface area contributed by atoms with Gasteiger partial charge in [-0.15, -0.1) is 0 Å². The summed E-state index contributed by atoms with van der Waals surface area (Å²) < 4.78 is 14.7. The average molecular weight is 430 g/mol. The molecule has 1 fully saturated rings. The minimum atomic E-state index is -1.31. The number of benzene rings is 3. The van der Waals surface area contributed by atoms with Gasteiger partial charge in [0.05, 0.1) is 11.7 Å². The van der Waals surface area contributed by atoms with Crippen LogP contribution in [0.1, 0.15) is 38.7 Å². The number of hydrogen-bond acceptors (Lipinski definition) is 3. The fraction of sp³-hybridized carbons (Fsp3) is 0.192. The number of carbonyl (C=O) groups is 3. The van der Waals surface area contributed by atoms with E-state index >= 15 is 0 Å². The van der Waals surface area contributed by atoms with Crippen LogP contribution in [0.4, 0.5) is 14.9 Å². The second-order valence-electron chi connectivity index (χ2n) is 8.10. The molecule has 0 aliphatic carbocycles. The molecule has 1 aliphatic rings. The molecule has 0 saturated carbocycles. The molecule has 1 N–H and O–H groups in total. The molecule has 3 amide bonds. The lowest BCUT2D eigenvalue weighted by Gasteiger charge is -2.37. The number of ketones is 1. The standard InChI is InChI=1S/C26H23FN2O3/c1-15-8-11-18(12-9-15)24(30)22-23(20-6-4-5-7-21(20)27)28-26(32)29(25(22)31)19-13-10-16(2)17(3)14-19/h4-14,22-23H,1-3H3,(H,28,32)/t22-,23-/m1/s1. The van der Waals surface area contributed by atoms with Gasteiger partial charge in [-0.2, -0.15) is 0 Å². The van der Waals surface area contributed by atoms with E-state index in [0.717, 1.165) is 21.6 Å². The lowest BCUT2D eigenvalue weighted by atomic mass is 9.83. The van der Waals surface area contributed by atoms with Gasteiger partial charge < -0.3 is 5.32 Å². The Labute approximate surface area is 185 Å². The molecule has 0 radical (unpaired) electrons. The third-order valence-electron chi connectivity index (χ3n) is 5.91. The second-order valence-corrected chi connectivity index (χ2v) is 8.10. The summed E-state index contributed by atoms with van der Waals surface area (Å²) in [4.78, 5) is 41.1. The Morgan fingerprint density at radius 1 is 0.906 bits per heavy atom. The van der Waals surface area contributed by atoms with E-state index < -0.39 is 35.5 Å². The predicted molar refractivity (Wildman–Crippen MR) is 120 cm³/mol. The van der Waals surface area contributed by atoms with Crippen molar-refractivity contribution in [3.05, 3.63) is 100 Å². The lowest BCUT2D eigenvalue weighted by Crippen LogP contribution is -2.58. The first kappa shape index (κ1) is 21.4. The normalized spacial score (nSPS) is 18.4. The zero-order valence-electron chi connectivity index (χ0n) is 18.1. The van der Waals surface area contributed by atoms with Crippen LogP contribution in [-0.2, 0) is 4.79 Å². The molecule has 3 aromatic rings. The van der Waals surface area contributed by atoms with E-state index in [9.17, 15) is 18.8 Å². The van der Waals surface area contributed by atoms with Crippen LogP contribution >= 0.6 is 0 Å². The number of nitrogens with one attached hydrogen (secondary N) is 1. The summed E-state index contributed by atoms with van der Waals surface area (Å²) in [6, 6.07) is 16.1. The number of carbonyl (C=O) groups excluding carboxylic acids is 3. The second kappa shape index (κ2) is 8.38. The number of urea groups is 1. The summed E-state index contributed by atoms with van der Waals surface area (Å²) in [5.74, 6) is -3.06. The zero-order chi connectivity index (χ0) is 23.0. The largest absolute Gasteiger partial charge is 0.329 e. The summed E-state index contributed by atoms with van der Waals surface area (Å²) >= 11 is 0. The highest BCUT2D eigenvalue weighted by Crippen LogP contribution is 2.35. The number of amides is 3. The summed E-state index contributed by atoms with van der Waals surface area (Å²) in [5.41, 5.74) is 3.67. The number of aryl methyl sites for hydroxylation is 3. The fourth-order valence-corrected chi connectivity index (χ4v) is 3.92. The van der Waals surface area contributed by atoms with E-state index in [1.54, 1.807) is 42.5 Å². The number of nitrogens with zero attached hydrogens (tertiary/aromatic N) is 1. The number of rotatable bonds is 4. The van der Waals surface area contributed by atoms with E-state index in [4.69, 9.17) is 0 Å². The topological polar surface area (TPSA) is 66.5 Å². The molecule has 0 bridgehead atoms. The van der Waals surface area contributed by atoms with Gasteiger partial charge in [0.15, 0.2) is 5.78 Å². The molecule has 6 heteroatoms. The van der Waals surface area contributed by atoms with Gasteiger partial charge in [-0.3, -0.25) is 9.59 Å². The average Bonchev–Trinajstić information content (AvgIpc) is 2.76. The van der Waals surface area contributed by atoms with Crippen molar-refractivity contribution in [3.63, 3.8) is 0 Å². The third-order valence-corrected chi connectivity index (χ3v) is 5.91. The maximum Gasteiger partial charge on any atom is 0.329 e. The molecule has 1 aliphatic heterocycles. The molecule has 1 saturated heterocycles. The number of imide groups is 1. The van der Waals surface area contributed by atoms with Crippen LogP contribution in [0.25, 0.3) is 0 Å². The minimum Gasteiger partial charge on any atom is -0.329 e. The molecular formula is C26H23FN2O3. The van der Waals surface area contributed by atoms with Crippen molar-refractivity contribution in [2.45, 2.75) is 26.8 Å². The van der Waals surface area contributed by atoms with Gasteiger partial charge in [-0.05, 0) is 50.1 Å². The first-order valence-corrected chi connectivity index (χ1v) is 10.3. The summed E-state index contributed by atoms with van der Waals surface area (Å²) in [5, 5.41) is 2.70. The summed E-state index contributed by atoms with van der Waals surface area (Å²) in [6.07, 6.45) is 0. The van der Waals surface area contributed by atoms with Crippen LogP contribution in [0.3, 0.4) is 0 Å². The molecular weight excluding hydrogens is 407 g/mol. The van der Waals surface area contributed by atoms with Crippen LogP contribution in [0.15, 0.2) is 66.7 Å². The predicted octanol–water partition coefficient (Wildman–Crippen LogP) is 5.05. The van der Waals surface area contributed by atoms with Gasteiger partial charge in [0.25, 0.3) is 0 Å². The highest BCUT2D eigenvalue weighted by molar-refractivity contribution is 6.25. The Morgan fingerprint density at radius 2 is 1.59 bits per heavy atom. The molecule has 0 aromatic heterocycles. The molecule has 162 valence electrons. The Bertz CT molecular complexity index is 1220.